The van der Waals surface area contributed by atoms with Gasteiger partial charge in [-0.15, -0.1) is 0 Å². The number of fused-ring (bicyclic) bond motifs is 3. The van der Waals surface area contributed by atoms with Gasteiger partial charge in [-0.25, -0.2) is 12.8 Å². The SMILES string of the molecule is Cc1cc(C)c(N(CC(O)Cn2c3ccccc3c3ccccc32)S(=O)(=O)c2ccc(F)cc2)c(C)c1. The number of benzene rings is 4. The Bertz CT molecular complexity index is 1630. The number of rotatable bonds is 7. The number of aromatic nitrogens is 1. The molecule has 5 aromatic rings. The molecule has 1 N–H and O–H groups in total. The van der Waals surface area contributed by atoms with Crippen LogP contribution in [0.5, 0.6) is 0 Å². The van der Waals surface area contributed by atoms with Crippen molar-refractivity contribution < 1.29 is 17.9 Å². The van der Waals surface area contributed by atoms with Crippen LogP contribution in [0.1, 0.15) is 16.7 Å². The largest absolute Gasteiger partial charge is 0.389 e. The number of halogens is 1. The van der Waals surface area contributed by atoms with Crippen molar-refractivity contribution in [2.75, 3.05) is 10.8 Å². The molecule has 190 valence electrons. The summed E-state index contributed by atoms with van der Waals surface area (Å²) in [5.41, 5.74) is 5.05. The number of hydrogen-bond acceptors (Lipinski definition) is 3. The molecule has 37 heavy (non-hydrogen) atoms. The molecular formula is C30H29FN2O3S. The highest BCUT2D eigenvalue weighted by atomic mass is 32.2. The maximum atomic E-state index is 13.9. The number of anilines is 1. The first kappa shape index (κ1) is 25.0. The van der Waals surface area contributed by atoms with Crippen LogP contribution >= 0.6 is 0 Å². The summed E-state index contributed by atoms with van der Waals surface area (Å²) in [6.07, 6.45) is -1.02. The van der Waals surface area contributed by atoms with E-state index in [0.717, 1.165) is 50.6 Å². The molecule has 0 aliphatic rings. The quantitative estimate of drug-likeness (QED) is 0.284. The van der Waals surface area contributed by atoms with Gasteiger partial charge in [0.1, 0.15) is 5.82 Å². The van der Waals surface area contributed by atoms with Crippen LogP contribution in [-0.2, 0) is 16.6 Å². The average molecular weight is 517 g/mol. The molecule has 0 radical (unpaired) electrons. The van der Waals surface area contributed by atoms with Crippen molar-refractivity contribution in [3.63, 3.8) is 0 Å². The van der Waals surface area contributed by atoms with Crippen LogP contribution in [0.2, 0.25) is 0 Å². The number of hydrogen-bond donors (Lipinski definition) is 1. The second-order valence-corrected chi connectivity index (χ2v) is 11.4. The van der Waals surface area contributed by atoms with Gasteiger partial charge in [0.25, 0.3) is 10.0 Å². The normalized spacial score (nSPS) is 12.8. The molecule has 4 aromatic carbocycles. The highest BCUT2D eigenvalue weighted by Gasteiger charge is 2.30. The number of para-hydroxylation sites is 2. The van der Waals surface area contributed by atoms with Gasteiger partial charge in [0.2, 0.25) is 0 Å². The smallest absolute Gasteiger partial charge is 0.264 e. The lowest BCUT2D eigenvalue weighted by molar-refractivity contribution is 0.166. The fraction of sp³-hybridized carbons (Fsp3) is 0.200. The van der Waals surface area contributed by atoms with Crippen LogP contribution in [0.25, 0.3) is 21.8 Å². The summed E-state index contributed by atoms with van der Waals surface area (Å²) in [4.78, 5) is -0.0302. The Labute approximate surface area is 216 Å². The van der Waals surface area contributed by atoms with E-state index >= 15 is 0 Å². The Hall–Kier alpha value is -3.68. The first-order chi connectivity index (χ1) is 17.7. The van der Waals surface area contributed by atoms with Crippen molar-refractivity contribution in [3.8, 4) is 0 Å². The summed E-state index contributed by atoms with van der Waals surface area (Å²) in [5, 5.41) is 13.5. The minimum Gasteiger partial charge on any atom is -0.389 e. The molecule has 1 heterocycles. The number of aliphatic hydroxyl groups excluding tert-OH is 1. The lowest BCUT2D eigenvalue weighted by atomic mass is 10.0. The van der Waals surface area contributed by atoms with Crippen LogP contribution in [-0.4, -0.2) is 30.7 Å². The monoisotopic (exact) mass is 516 g/mol. The molecule has 0 saturated carbocycles. The van der Waals surface area contributed by atoms with Gasteiger partial charge >= 0.3 is 0 Å². The van der Waals surface area contributed by atoms with Gasteiger partial charge in [-0.1, -0.05) is 54.1 Å². The van der Waals surface area contributed by atoms with E-state index < -0.39 is 21.9 Å². The third kappa shape index (κ3) is 4.61. The summed E-state index contributed by atoms with van der Waals surface area (Å²) in [6, 6.07) is 24.6. The Balaban J connectivity index is 1.58. The van der Waals surface area contributed by atoms with Crippen molar-refractivity contribution in [1.82, 2.24) is 4.57 Å². The molecule has 5 nitrogen and oxygen atoms in total. The highest BCUT2D eigenvalue weighted by molar-refractivity contribution is 7.92. The molecule has 5 rings (SSSR count). The van der Waals surface area contributed by atoms with E-state index in [1.54, 1.807) is 0 Å². The van der Waals surface area contributed by atoms with Crippen LogP contribution in [0, 0.1) is 26.6 Å². The van der Waals surface area contributed by atoms with Gasteiger partial charge in [-0.05, 0) is 68.3 Å². The van der Waals surface area contributed by atoms with E-state index in [9.17, 15) is 17.9 Å². The number of aryl methyl sites for hydroxylation is 3. The summed E-state index contributed by atoms with van der Waals surface area (Å²) in [7, 11) is -4.09. The molecule has 0 amide bonds. The van der Waals surface area contributed by atoms with E-state index in [2.05, 4.69) is 0 Å². The second-order valence-electron chi connectivity index (χ2n) is 9.54. The summed E-state index contributed by atoms with van der Waals surface area (Å²) < 4.78 is 44.7. The van der Waals surface area contributed by atoms with Gasteiger partial charge in [0.15, 0.2) is 0 Å². The minimum atomic E-state index is -4.09. The van der Waals surface area contributed by atoms with Crippen molar-refractivity contribution >= 4 is 37.5 Å². The third-order valence-corrected chi connectivity index (χ3v) is 8.52. The number of nitrogens with zero attached hydrogens (tertiary/aromatic N) is 2. The Morgan fingerprint density at radius 2 is 1.35 bits per heavy atom. The Kier molecular flexibility index (Phi) is 6.52. The van der Waals surface area contributed by atoms with Gasteiger partial charge < -0.3 is 9.67 Å². The molecule has 1 atom stereocenters. The van der Waals surface area contributed by atoms with Crippen molar-refractivity contribution in [2.45, 2.75) is 38.3 Å². The Morgan fingerprint density at radius 3 is 1.89 bits per heavy atom. The standard InChI is InChI=1S/C30H29FN2O3S/c1-20-16-21(2)30(22(3)17-20)33(37(35,36)25-14-12-23(31)13-15-25)19-24(34)18-32-28-10-6-4-8-26(28)27-9-5-7-11-29(27)32/h4-17,24,34H,18-19H2,1-3H3. The molecule has 1 aromatic heterocycles. The number of aliphatic hydroxyl groups is 1. The molecule has 0 saturated heterocycles. The topological polar surface area (TPSA) is 62.5 Å². The van der Waals surface area contributed by atoms with Crippen LogP contribution in [0.15, 0.2) is 89.8 Å². The maximum absolute atomic E-state index is 13.9. The molecule has 7 heteroatoms. The van der Waals surface area contributed by atoms with Gasteiger partial charge in [-0.2, -0.15) is 0 Å². The zero-order chi connectivity index (χ0) is 26.3. The molecule has 1 unspecified atom stereocenters. The molecule has 0 fully saturated rings. The first-order valence-corrected chi connectivity index (χ1v) is 13.6. The fourth-order valence-electron chi connectivity index (χ4n) is 5.27. The van der Waals surface area contributed by atoms with Crippen LogP contribution in [0.4, 0.5) is 10.1 Å². The zero-order valence-corrected chi connectivity index (χ0v) is 21.8. The van der Waals surface area contributed by atoms with Gasteiger partial charge in [-0.3, -0.25) is 4.31 Å². The minimum absolute atomic E-state index is 0.0302. The highest BCUT2D eigenvalue weighted by Crippen LogP contribution is 2.33. The van der Waals surface area contributed by atoms with E-state index in [0.29, 0.717) is 5.69 Å². The second kappa shape index (κ2) is 9.65. The predicted octanol–water partition coefficient (Wildman–Crippen LogP) is 6.12. The molecule has 0 spiro atoms. The lowest BCUT2D eigenvalue weighted by Gasteiger charge is -2.30. The van der Waals surface area contributed by atoms with Crippen LogP contribution in [0.3, 0.4) is 0 Å². The molecule has 0 aliphatic heterocycles. The average Bonchev–Trinajstić information content (AvgIpc) is 3.17. The molecule has 0 aliphatic carbocycles. The van der Waals surface area contributed by atoms with E-state index in [-0.39, 0.29) is 18.0 Å². The number of sulfonamides is 1. The first-order valence-electron chi connectivity index (χ1n) is 12.2. The third-order valence-electron chi connectivity index (χ3n) is 6.74. The predicted molar refractivity (Wildman–Crippen MR) is 147 cm³/mol. The van der Waals surface area contributed by atoms with Gasteiger partial charge in [0, 0.05) is 21.8 Å². The molecular weight excluding hydrogens is 487 g/mol. The van der Waals surface area contributed by atoms with Crippen molar-refractivity contribution in [2.24, 2.45) is 0 Å². The maximum Gasteiger partial charge on any atom is 0.264 e. The van der Waals surface area contributed by atoms with E-state index in [1.807, 2.05) is 86.0 Å². The van der Waals surface area contributed by atoms with Gasteiger partial charge in [0.05, 0.1) is 29.8 Å². The van der Waals surface area contributed by atoms with Crippen molar-refractivity contribution in [3.05, 3.63) is 107 Å². The fourth-order valence-corrected chi connectivity index (χ4v) is 6.90. The Morgan fingerprint density at radius 1 is 0.838 bits per heavy atom. The van der Waals surface area contributed by atoms with E-state index in [1.165, 1.54) is 16.4 Å². The summed E-state index contributed by atoms with van der Waals surface area (Å²) in [6.45, 7) is 5.72. The van der Waals surface area contributed by atoms with Crippen molar-refractivity contribution in [1.29, 1.82) is 0 Å². The molecule has 0 bridgehead atoms. The summed E-state index contributed by atoms with van der Waals surface area (Å²) >= 11 is 0. The summed E-state index contributed by atoms with van der Waals surface area (Å²) in [5.74, 6) is -0.514. The zero-order valence-electron chi connectivity index (χ0n) is 21.0. The van der Waals surface area contributed by atoms with Crippen LogP contribution < -0.4 is 4.31 Å². The van der Waals surface area contributed by atoms with E-state index in [4.69, 9.17) is 0 Å². The lowest BCUT2D eigenvalue weighted by Crippen LogP contribution is -2.40.